The lowest BCUT2D eigenvalue weighted by Crippen LogP contribution is -2.28. The van der Waals surface area contributed by atoms with E-state index in [1.807, 2.05) is 36.4 Å². The monoisotopic (exact) mass is 385 g/mol. The molecular weight excluding hydrogens is 370 g/mol. The van der Waals surface area contributed by atoms with E-state index in [-0.39, 0.29) is 17.9 Å². The Hall–Kier alpha value is -2.47. The molecule has 0 aliphatic rings. The van der Waals surface area contributed by atoms with Crippen LogP contribution in [0.3, 0.4) is 0 Å². The molecule has 0 bridgehead atoms. The van der Waals surface area contributed by atoms with Gasteiger partial charge in [0.05, 0.1) is 17.3 Å². The lowest BCUT2D eigenvalue weighted by Gasteiger charge is -2.06. The molecule has 2 N–H and O–H groups in total. The SMILES string of the molecule is O=C(Cc1nc2ccc(Br)cc2c(=O)[nH]1)NCCc1ccccc1. The van der Waals surface area contributed by atoms with Crippen molar-refractivity contribution in [1.29, 1.82) is 0 Å². The Morgan fingerprint density at radius 1 is 1.17 bits per heavy atom. The van der Waals surface area contributed by atoms with Crippen molar-refractivity contribution in [2.45, 2.75) is 12.8 Å². The summed E-state index contributed by atoms with van der Waals surface area (Å²) in [4.78, 5) is 31.1. The number of fused-ring (bicyclic) bond motifs is 1. The van der Waals surface area contributed by atoms with Gasteiger partial charge in [-0.05, 0) is 30.2 Å². The lowest BCUT2D eigenvalue weighted by atomic mass is 10.1. The van der Waals surface area contributed by atoms with Crippen LogP contribution in [0.5, 0.6) is 0 Å². The van der Waals surface area contributed by atoms with E-state index in [9.17, 15) is 9.59 Å². The molecule has 0 saturated heterocycles. The van der Waals surface area contributed by atoms with Crippen LogP contribution in [0.25, 0.3) is 10.9 Å². The second-order valence-corrected chi connectivity index (χ2v) is 6.35. The van der Waals surface area contributed by atoms with Crippen molar-refractivity contribution in [2.75, 3.05) is 6.54 Å². The number of aromatic amines is 1. The molecule has 0 aliphatic carbocycles. The zero-order valence-electron chi connectivity index (χ0n) is 12.9. The van der Waals surface area contributed by atoms with E-state index in [2.05, 4.69) is 31.2 Å². The molecule has 122 valence electrons. The van der Waals surface area contributed by atoms with Gasteiger partial charge in [0.2, 0.25) is 5.91 Å². The summed E-state index contributed by atoms with van der Waals surface area (Å²) in [5.41, 5.74) is 1.50. The van der Waals surface area contributed by atoms with Gasteiger partial charge in [-0.3, -0.25) is 9.59 Å². The smallest absolute Gasteiger partial charge is 0.258 e. The van der Waals surface area contributed by atoms with Crippen molar-refractivity contribution in [1.82, 2.24) is 15.3 Å². The number of nitrogens with one attached hydrogen (secondary N) is 2. The molecule has 3 rings (SSSR count). The van der Waals surface area contributed by atoms with E-state index in [1.165, 1.54) is 5.56 Å². The number of hydrogen-bond donors (Lipinski definition) is 2. The first-order valence-corrected chi connectivity index (χ1v) is 8.40. The number of benzene rings is 2. The molecule has 3 aromatic rings. The third-order valence-electron chi connectivity index (χ3n) is 3.62. The largest absolute Gasteiger partial charge is 0.355 e. The zero-order chi connectivity index (χ0) is 16.9. The number of aromatic nitrogens is 2. The number of carbonyl (C=O) groups excluding carboxylic acids is 1. The minimum atomic E-state index is -0.242. The Balaban J connectivity index is 1.63. The maximum Gasteiger partial charge on any atom is 0.258 e. The maximum atomic E-state index is 12.1. The molecule has 0 fully saturated rings. The second kappa shape index (κ2) is 7.40. The van der Waals surface area contributed by atoms with E-state index in [0.717, 1.165) is 10.9 Å². The van der Waals surface area contributed by atoms with E-state index >= 15 is 0 Å². The summed E-state index contributed by atoms with van der Waals surface area (Å²) in [6.45, 7) is 0.549. The first-order chi connectivity index (χ1) is 11.6. The van der Waals surface area contributed by atoms with Crippen LogP contribution < -0.4 is 10.9 Å². The summed E-state index contributed by atoms with van der Waals surface area (Å²) in [6.07, 6.45) is 0.818. The average molecular weight is 386 g/mol. The Labute approximate surface area is 147 Å². The summed E-state index contributed by atoms with van der Waals surface area (Å²) < 4.78 is 0.814. The van der Waals surface area contributed by atoms with E-state index in [0.29, 0.717) is 23.3 Å². The second-order valence-electron chi connectivity index (χ2n) is 5.44. The molecule has 0 saturated carbocycles. The number of H-pyrrole nitrogens is 1. The number of halogens is 1. The van der Waals surface area contributed by atoms with Crippen molar-refractivity contribution < 1.29 is 4.79 Å². The van der Waals surface area contributed by atoms with Crippen LogP contribution in [0.1, 0.15) is 11.4 Å². The van der Waals surface area contributed by atoms with Crippen molar-refractivity contribution in [3.8, 4) is 0 Å². The van der Waals surface area contributed by atoms with Crippen molar-refractivity contribution in [3.63, 3.8) is 0 Å². The van der Waals surface area contributed by atoms with Gasteiger partial charge in [-0.15, -0.1) is 0 Å². The van der Waals surface area contributed by atoms with E-state index in [1.54, 1.807) is 12.1 Å². The van der Waals surface area contributed by atoms with Crippen LogP contribution in [0.15, 0.2) is 57.8 Å². The summed E-state index contributed by atoms with van der Waals surface area (Å²) in [5.74, 6) is 0.206. The first kappa shape index (κ1) is 16.4. The minimum Gasteiger partial charge on any atom is -0.355 e. The van der Waals surface area contributed by atoms with Crippen LogP contribution in [-0.2, 0) is 17.6 Å². The number of rotatable bonds is 5. The highest BCUT2D eigenvalue weighted by Crippen LogP contribution is 2.15. The molecule has 0 unspecified atom stereocenters. The minimum absolute atomic E-state index is 0.0516. The molecule has 0 radical (unpaired) electrons. The molecule has 24 heavy (non-hydrogen) atoms. The molecule has 0 spiro atoms. The van der Waals surface area contributed by atoms with Gasteiger partial charge in [0.15, 0.2) is 0 Å². The normalized spacial score (nSPS) is 10.7. The maximum absolute atomic E-state index is 12.1. The van der Waals surface area contributed by atoms with Crippen LogP contribution in [0.2, 0.25) is 0 Å². The molecule has 0 aliphatic heterocycles. The number of carbonyl (C=O) groups is 1. The molecule has 1 amide bonds. The third kappa shape index (κ3) is 4.08. The van der Waals surface area contributed by atoms with Gasteiger partial charge in [0.25, 0.3) is 5.56 Å². The van der Waals surface area contributed by atoms with Crippen LogP contribution in [0.4, 0.5) is 0 Å². The molecule has 1 aromatic heterocycles. The quantitative estimate of drug-likeness (QED) is 0.708. The standard InChI is InChI=1S/C18H16BrN3O2/c19-13-6-7-15-14(10-13)18(24)22-16(21-15)11-17(23)20-9-8-12-4-2-1-3-5-12/h1-7,10H,8-9,11H2,(H,20,23)(H,21,22,24). The summed E-state index contributed by atoms with van der Waals surface area (Å²) >= 11 is 3.33. The fraction of sp³-hybridized carbons (Fsp3) is 0.167. The number of nitrogens with zero attached hydrogens (tertiary/aromatic N) is 1. The Morgan fingerprint density at radius 3 is 2.75 bits per heavy atom. The third-order valence-corrected chi connectivity index (χ3v) is 4.12. The molecule has 1 heterocycles. The topological polar surface area (TPSA) is 74.8 Å². The molecule has 2 aromatic carbocycles. The molecule has 0 atom stereocenters. The van der Waals surface area contributed by atoms with Gasteiger partial charge in [-0.2, -0.15) is 0 Å². The number of hydrogen-bond acceptors (Lipinski definition) is 3. The highest BCUT2D eigenvalue weighted by atomic mass is 79.9. The summed E-state index contributed by atoms with van der Waals surface area (Å²) in [7, 11) is 0. The highest BCUT2D eigenvalue weighted by Gasteiger charge is 2.08. The van der Waals surface area contributed by atoms with Gasteiger partial charge in [0.1, 0.15) is 5.82 Å². The van der Waals surface area contributed by atoms with Gasteiger partial charge in [-0.25, -0.2) is 4.98 Å². The van der Waals surface area contributed by atoms with Gasteiger partial charge < -0.3 is 10.3 Å². The zero-order valence-corrected chi connectivity index (χ0v) is 14.5. The average Bonchev–Trinajstić information content (AvgIpc) is 2.56. The lowest BCUT2D eigenvalue weighted by molar-refractivity contribution is -0.120. The summed E-state index contributed by atoms with van der Waals surface area (Å²) in [5, 5.41) is 3.35. The van der Waals surface area contributed by atoms with Crippen molar-refractivity contribution >= 4 is 32.7 Å². The fourth-order valence-corrected chi connectivity index (χ4v) is 2.81. The van der Waals surface area contributed by atoms with Gasteiger partial charge >= 0.3 is 0 Å². The molecule has 6 heteroatoms. The predicted octanol–water partition coefficient (Wildman–Crippen LogP) is 2.59. The van der Waals surface area contributed by atoms with Crippen LogP contribution >= 0.6 is 15.9 Å². The molecular formula is C18H16BrN3O2. The van der Waals surface area contributed by atoms with Crippen LogP contribution in [0, 0.1) is 0 Å². The number of amides is 1. The molecule has 5 nitrogen and oxygen atoms in total. The first-order valence-electron chi connectivity index (χ1n) is 7.61. The van der Waals surface area contributed by atoms with Crippen LogP contribution in [-0.4, -0.2) is 22.4 Å². The van der Waals surface area contributed by atoms with Crippen molar-refractivity contribution in [2.24, 2.45) is 0 Å². The predicted molar refractivity (Wildman–Crippen MR) is 96.9 cm³/mol. The van der Waals surface area contributed by atoms with Crippen molar-refractivity contribution in [3.05, 3.63) is 74.7 Å². The van der Waals surface area contributed by atoms with E-state index < -0.39 is 0 Å². The van der Waals surface area contributed by atoms with E-state index in [4.69, 9.17) is 0 Å². The Morgan fingerprint density at radius 2 is 1.96 bits per heavy atom. The Bertz CT molecular complexity index is 922. The fourth-order valence-electron chi connectivity index (χ4n) is 2.45. The van der Waals surface area contributed by atoms with Gasteiger partial charge in [0, 0.05) is 11.0 Å². The summed E-state index contributed by atoms with van der Waals surface area (Å²) in [6, 6.07) is 15.2. The van der Waals surface area contributed by atoms with Gasteiger partial charge in [-0.1, -0.05) is 46.3 Å². The Kier molecular flexibility index (Phi) is 5.05. The highest BCUT2D eigenvalue weighted by molar-refractivity contribution is 9.10.